The summed E-state index contributed by atoms with van der Waals surface area (Å²) in [5.74, 6) is 0.834. The molecule has 0 saturated carbocycles. The zero-order chi connectivity index (χ0) is 12.7. The maximum absolute atomic E-state index is 5.67. The summed E-state index contributed by atoms with van der Waals surface area (Å²) in [6, 6.07) is 5.83. The molecule has 17 heavy (non-hydrogen) atoms. The van der Waals surface area contributed by atoms with Crippen molar-refractivity contribution in [2.45, 2.75) is 19.4 Å². The molecule has 1 unspecified atom stereocenters. The van der Waals surface area contributed by atoms with Crippen LogP contribution >= 0.6 is 31.9 Å². The SMILES string of the molecule is CCOC(CN)CCOc1ccc(Br)cc1Br. The van der Waals surface area contributed by atoms with Crippen molar-refractivity contribution in [3.8, 4) is 5.75 Å². The summed E-state index contributed by atoms with van der Waals surface area (Å²) in [5, 5.41) is 0. The van der Waals surface area contributed by atoms with E-state index in [0.29, 0.717) is 19.8 Å². The molecule has 0 aliphatic heterocycles. The first-order valence-electron chi connectivity index (χ1n) is 5.57. The molecule has 1 aromatic rings. The third kappa shape index (κ3) is 5.38. The van der Waals surface area contributed by atoms with Gasteiger partial charge in [0.25, 0.3) is 0 Å². The quantitative estimate of drug-likeness (QED) is 0.804. The zero-order valence-corrected chi connectivity index (χ0v) is 13.0. The lowest BCUT2D eigenvalue weighted by atomic mass is 10.2. The van der Waals surface area contributed by atoms with Crippen molar-refractivity contribution >= 4 is 31.9 Å². The Hall–Kier alpha value is -0.100. The van der Waals surface area contributed by atoms with E-state index in [0.717, 1.165) is 21.1 Å². The van der Waals surface area contributed by atoms with Crippen LogP contribution in [0.1, 0.15) is 13.3 Å². The van der Waals surface area contributed by atoms with Crippen LogP contribution in [0.4, 0.5) is 0 Å². The van der Waals surface area contributed by atoms with Gasteiger partial charge in [0.2, 0.25) is 0 Å². The highest BCUT2D eigenvalue weighted by Crippen LogP contribution is 2.28. The van der Waals surface area contributed by atoms with Crippen LogP contribution in [0, 0.1) is 0 Å². The van der Waals surface area contributed by atoms with Gasteiger partial charge >= 0.3 is 0 Å². The van der Waals surface area contributed by atoms with Crippen LogP contribution in [0.2, 0.25) is 0 Å². The number of benzene rings is 1. The van der Waals surface area contributed by atoms with E-state index < -0.39 is 0 Å². The molecule has 0 radical (unpaired) electrons. The second kappa shape index (κ2) is 8.08. The Labute approximate surface area is 119 Å². The Bertz CT molecular complexity index is 347. The molecule has 1 aromatic carbocycles. The van der Waals surface area contributed by atoms with Gasteiger partial charge in [-0.1, -0.05) is 15.9 Å². The molecule has 3 nitrogen and oxygen atoms in total. The van der Waals surface area contributed by atoms with E-state index in [1.807, 2.05) is 25.1 Å². The van der Waals surface area contributed by atoms with Gasteiger partial charge in [-0.3, -0.25) is 0 Å². The van der Waals surface area contributed by atoms with Crippen LogP contribution in [0.5, 0.6) is 5.75 Å². The molecule has 0 bridgehead atoms. The highest BCUT2D eigenvalue weighted by molar-refractivity contribution is 9.11. The minimum Gasteiger partial charge on any atom is -0.492 e. The van der Waals surface area contributed by atoms with Crippen LogP contribution in [-0.4, -0.2) is 25.9 Å². The Morgan fingerprint density at radius 3 is 2.71 bits per heavy atom. The fourth-order valence-corrected chi connectivity index (χ4v) is 2.56. The first-order chi connectivity index (χ1) is 8.17. The largest absolute Gasteiger partial charge is 0.492 e. The van der Waals surface area contributed by atoms with Crippen molar-refractivity contribution in [1.82, 2.24) is 0 Å². The minimum atomic E-state index is 0.0780. The van der Waals surface area contributed by atoms with Gasteiger partial charge in [-0.25, -0.2) is 0 Å². The summed E-state index contributed by atoms with van der Waals surface area (Å²) >= 11 is 6.85. The number of nitrogens with two attached hydrogens (primary N) is 1. The van der Waals surface area contributed by atoms with Gasteiger partial charge < -0.3 is 15.2 Å². The summed E-state index contributed by atoms with van der Waals surface area (Å²) < 4.78 is 13.1. The number of ether oxygens (including phenoxy) is 2. The van der Waals surface area contributed by atoms with Gasteiger partial charge in [0.15, 0.2) is 0 Å². The Kier molecular flexibility index (Phi) is 7.11. The van der Waals surface area contributed by atoms with Crippen LogP contribution in [0.3, 0.4) is 0 Å². The van der Waals surface area contributed by atoms with Gasteiger partial charge in [-0.05, 0) is 41.1 Å². The molecule has 0 aliphatic carbocycles. The smallest absolute Gasteiger partial charge is 0.133 e. The van der Waals surface area contributed by atoms with Crippen molar-refractivity contribution in [2.24, 2.45) is 5.73 Å². The van der Waals surface area contributed by atoms with Crippen molar-refractivity contribution in [3.05, 3.63) is 27.1 Å². The molecule has 1 rings (SSSR count). The fourth-order valence-electron chi connectivity index (χ4n) is 1.40. The Morgan fingerprint density at radius 1 is 1.35 bits per heavy atom. The molecule has 0 aromatic heterocycles. The Balaban J connectivity index is 2.39. The molecule has 0 heterocycles. The summed E-state index contributed by atoms with van der Waals surface area (Å²) in [5.41, 5.74) is 5.59. The van der Waals surface area contributed by atoms with E-state index in [9.17, 15) is 0 Å². The molecular weight excluding hydrogens is 350 g/mol. The number of rotatable bonds is 7. The average Bonchev–Trinajstić information content (AvgIpc) is 2.30. The Morgan fingerprint density at radius 2 is 2.12 bits per heavy atom. The summed E-state index contributed by atoms with van der Waals surface area (Å²) in [7, 11) is 0. The summed E-state index contributed by atoms with van der Waals surface area (Å²) in [4.78, 5) is 0. The van der Waals surface area contributed by atoms with Crippen LogP contribution in [0.25, 0.3) is 0 Å². The molecule has 0 aliphatic rings. The monoisotopic (exact) mass is 365 g/mol. The molecule has 0 spiro atoms. The molecule has 0 saturated heterocycles. The van der Waals surface area contributed by atoms with Gasteiger partial charge in [0, 0.05) is 24.0 Å². The predicted molar refractivity (Wildman–Crippen MR) is 76.4 cm³/mol. The molecule has 2 N–H and O–H groups in total. The van der Waals surface area contributed by atoms with Crippen LogP contribution in [0.15, 0.2) is 27.1 Å². The van der Waals surface area contributed by atoms with Crippen LogP contribution in [-0.2, 0) is 4.74 Å². The van der Waals surface area contributed by atoms with Crippen molar-refractivity contribution in [3.63, 3.8) is 0 Å². The molecule has 0 fully saturated rings. The third-order valence-electron chi connectivity index (χ3n) is 2.26. The normalized spacial score (nSPS) is 12.5. The number of hydrogen-bond donors (Lipinski definition) is 1. The summed E-state index contributed by atoms with van der Waals surface area (Å²) in [6.45, 7) is 3.78. The second-order valence-electron chi connectivity index (χ2n) is 3.52. The third-order valence-corrected chi connectivity index (χ3v) is 3.37. The lowest BCUT2D eigenvalue weighted by molar-refractivity contribution is 0.0526. The predicted octanol–water partition coefficient (Wildman–Crippen LogP) is 3.34. The molecular formula is C12H17Br2NO2. The fraction of sp³-hybridized carbons (Fsp3) is 0.500. The van der Waals surface area contributed by atoms with Crippen molar-refractivity contribution in [1.29, 1.82) is 0 Å². The van der Waals surface area contributed by atoms with Gasteiger partial charge in [0.1, 0.15) is 5.75 Å². The molecule has 1 atom stereocenters. The first-order valence-corrected chi connectivity index (χ1v) is 7.15. The van der Waals surface area contributed by atoms with E-state index >= 15 is 0 Å². The highest BCUT2D eigenvalue weighted by Gasteiger charge is 2.07. The van der Waals surface area contributed by atoms with E-state index in [-0.39, 0.29) is 6.10 Å². The van der Waals surface area contributed by atoms with Gasteiger partial charge in [-0.15, -0.1) is 0 Å². The maximum atomic E-state index is 5.67. The highest BCUT2D eigenvalue weighted by atomic mass is 79.9. The van der Waals surface area contributed by atoms with Gasteiger partial charge in [-0.2, -0.15) is 0 Å². The average molecular weight is 367 g/mol. The standard InChI is InChI=1S/C12H17Br2NO2/c1-2-16-10(8-15)5-6-17-12-4-3-9(13)7-11(12)14/h3-4,7,10H,2,5-6,8,15H2,1H3. The van der Waals surface area contributed by atoms with E-state index in [1.54, 1.807) is 0 Å². The molecule has 5 heteroatoms. The first kappa shape index (κ1) is 15.0. The number of hydrogen-bond acceptors (Lipinski definition) is 3. The summed E-state index contributed by atoms with van der Waals surface area (Å²) in [6.07, 6.45) is 0.876. The van der Waals surface area contributed by atoms with E-state index in [2.05, 4.69) is 31.9 Å². The lowest BCUT2D eigenvalue weighted by Gasteiger charge is -2.15. The molecule has 96 valence electrons. The number of halogens is 2. The lowest BCUT2D eigenvalue weighted by Crippen LogP contribution is -2.25. The van der Waals surface area contributed by atoms with Gasteiger partial charge in [0.05, 0.1) is 17.2 Å². The van der Waals surface area contributed by atoms with Crippen molar-refractivity contribution in [2.75, 3.05) is 19.8 Å². The topological polar surface area (TPSA) is 44.5 Å². The van der Waals surface area contributed by atoms with Crippen molar-refractivity contribution < 1.29 is 9.47 Å². The zero-order valence-electron chi connectivity index (χ0n) is 9.79. The van der Waals surface area contributed by atoms with E-state index in [4.69, 9.17) is 15.2 Å². The van der Waals surface area contributed by atoms with E-state index in [1.165, 1.54) is 0 Å². The molecule has 0 amide bonds. The van der Waals surface area contributed by atoms with Crippen LogP contribution < -0.4 is 10.5 Å². The second-order valence-corrected chi connectivity index (χ2v) is 5.29. The minimum absolute atomic E-state index is 0.0780. The maximum Gasteiger partial charge on any atom is 0.133 e.